The standard InChI is InChI=1S/C12H13N3O4/c16-5-1-2-10(17)13-7-3-4-8-9(6-7)15-12(19)11(18)14-8/h3-4,6,16H,1-2,5H2,(H,13,17)(H,14,18)(H,15,19). The number of hydrogen-bond donors (Lipinski definition) is 4. The van der Waals surface area contributed by atoms with Crippen LogP contribution in [0.3, 0.4) is 0 Å². The lowest BCUT2D eigenvalue weighted by molar-refractivity contribution is -0.116. The summed E-state index contributed by atoms with van der Waals surface area (Å²) in [4.78, 5) is 38.6. The summed E-state index contributed by atoms with van der Waals surface area (Å²) < 4.78 is 0. The van der Waals surface area contributed by atoms with E-state index in [4.69, 9.17) is 5.11 Å². The molecule has 2 aromatic rings. The van der Waals surface area contributed by atoms with Gasteiger partial charge in [-0.15, -0.1) is 0 Å². The molecule has 0 spiro atoms. The van der Waals surface area contributed by atoms with Crippen molar-refractivity contribution in [3.8, 4) is 0 Å². The largest absolute Gasteiger partial charge is 0.396 e. The Labute approximate surface area is 107 Å². The predicted molar refractivity (Wildman–Crippen MR) is 70.1 cm³/mol. The Balaban J connectivity index is 2.26. The van der Waals surface area contributed by atoms with Crippen molar-refractivity contribution in [2.45, 2.75) is 12.8 Å². The fourth-order valence-electron chi connectivity index (χ4n) is 1.66. The summed E-state index contributed by atoms with van der Waals surface area (Å²) in [6, 6.07) is 4.77. The van der Waals surface area contributed by atoms with Gasteiger partial charge in [0.05, 0.1) is 11.0 Å². The maximum atomic E-state index is 11.5. The van der Waals surface area contributed by atoms with Crippen LogP contribution >= 0.6 is 0 Å². The highest BCUT2D eigenvalue weighted by molar-refractivity contribution is 5.92. The number of fused-ring (bicyclic) bond motifs is 1. The molecule has 1 aromatic carbocycles. The first-order valence-electron chi connectivity index (χ1n) is 5.77. The molecule has 19 heavy (non-hydrogen) atoms. The van der Waals surface area contributed by atoms with E-state index in [-0.39, 0.29) is 18.9 Å². The van der Waals surface area contributed by atoms with Crippen molar-refractivity contribution < 1.29 is 9.90 Å². The minimum Gasteiger partial charge on any atom is -0.396 e. The number of carbonyl (C=O) groups is 1. The van der Waals surface area contributed by atoms with E-state index in [1.54, 1.807) is 18.2 Å². The number of aliphatic hydroxyl groups excluding tert-OH is 1. The lowest BCUT2D eigenvalue weighted by atomic mass is 10.2. The molecule has 0 aliphatic rings. The molecule has 2 rings (SSSR count). The van der Waals surface area contributed by atoms with Crippen molar-refractivity contribution in [2.24, 2.45) is 0 Å². The summed E-state index contributed by atoms with van der Waals surface area (Å²) >= 11 is 0. The normalized spacial score (nSPS) is 10.6. The number of nitrogens with one attached hydrogen (secondary N) is 3. The molecule has 0 saturated heterocycles. The lowest BCUT2D eigenvalue weighted by Gasteiger charge is -2.05. The van der Waals surface area contributed by atoms with Crippen LogP contribution in [-0.4, -0.2) is 27.6 Å². The maximum Gasteiger partial charge on any atom is 0.314 e. The van der Waals surface area contributed by atoms with Crippen molar-refractivity contribution >= 4 is 22.6 Å². The number of rotatable bonds is 4. The average Bonchev–Trinajstić information content (AvgIpc) is 2.38. The van der Waals surface area contributed by atoms with Crippen LogP contribution in [0.5, 0.6) is 0 Å². The molecule has 7 heteroatoms. The van der Waals surface area contributed by atoms with E-state index in [9.17, 15) is 14.4 Å². The van der Waals surface area contributed by atoms with E-state index in [2.05, 4.69) is 15.3 Å². The van der Waals surface area contributed by atoms with Gasteiger partial charge in [-0.3, -0.25) is 14.4 Å². The second kappa shape index (κ2) is 5.49. The Morgan fingerprint density at radius 1 is 1.16 bits per heavy atom. The predicted octanol–water partition coefficient (Wildman–Crippen LogP) is -0.0726. The Morgan fingerprint density at radius 3 is 2.53 bits per heavy atom. The SMILES string of the molecule is O=C(CCCO)Nc1ccc2[nH]c(=O)c(=O)[nH]c2c1. The Bertz CT molecular complexity index is 717. The third-order valence-electron chi connectivity index (χ3n) is 2.57. The third-order valence-corrected chi connectivity index (χ3v) is 2.57. The zero-order valence-corrected chi connectivity index (χ0v) is 10.0. The summed E-state index contributed by atoms with van der Waals surface area (Å²) in [5, 5.41) is 11.3. The molecule has 1 amide bonds. The molecule has 0 aliphatic heterocycles. The number of H-pyrrole nitrogens is 2. The molecular formula is C12H13N3O4. The van der Waals surface area contributed by atoms with Crippen molar-refractivity contribution in [3.63, 3.8) is 0 Å². The number of aromatic amines is 2. The van der Waals surface area contributed by atoms with Gasteiger partial charge in [-0.25, -0.2) is 0 Å². The van der Waals surface area contributed by atoms with Gasteiger partial charge >= 0.3 is 11.1 Å². The van der Waals surface area contributed by atoms with Gasteiger partial charge in [-0.1, -0.05) is 0 Å². The molecular weight excluding hydrogens is 250 g/mol. The van der Waals surface area contributed by atoms with Gasteiger partial charge in [0.1, 0.15) is 0 Å². The fourth-order valence-corrected chi connectivity index (χ4v) is 1.66. The van der Waals surface area contributed by atoms with Crippen molar-refractivity contribution in [1.82, 2.24) is 9.97 Å². The van der Waals surface area contributed by atoms with Crippen molar-refractivity contribution in [1.29, 1.82) is 0 Å². The molecule has 7 nitrogen and oxygen atoms in total. The molecule has 0 fully saturated rings. The quantitative estimate of drug-likeness (QED) is 0.578. The van der Waals surface area contributed by atoms with E-state index < -0.39 is 11.1 Å². The van der Waals surface area contributed by atoms with Crippen LogP contribution in [0.25, 0.3) is 11.0 Å². The van der Waals surface area contributed by atoms with E-state index in [1.165, 1.54) is 0 Å². The van der Waals surface area contributed by atoms with Crippen LogP contribution in [0.2, 0.25) is 0 Å². The molecule has 100 valence electrons. The molecule has 0 saturated carbocycles. The first-order valence-corrected chi connectivity index (χ1v) is 5.77. The van der Waals surface area contributed by atoms with Gasteiger partial charge in [-0.2, -0.15) is 0 Å². The van der Waals surface area contributed by atoms with Crippen LogP contribution in [-0.2, 0) is 4.79 Å². The average molecular weight is 263 g/mol. The van der Waals surface area contributed by atoms with E-state index in [1.807, 2.05) is 0 Å². The molecule has 1 heterocycles. The minimum atomic E-state index is -0.740. The highest BCUT2D eigenvalue weighted by atomic mass is 16.3. The Hall–Kier alpha value is -2.41. The van der Waals surface area contributed by atoms with Crippen molar-refractivity contribution in [3.05, 3.63) is 38.9 Å². The van der Waals surface area contributed by atoms with Crippen LogP contribution in [0, 0.1) is 0 Å². The monoisotopic (exact) mass is 263 g/mol. The van der Waals surface area contributed by atoms with E-state index >= 15 is 0 Å². The fraction of sp³-hybridized carbons (Fsp3) is 0.250. The van der Waals surface area contributed by atoms with Gasteiger partial charge in [-0.05, 0) is 24.6 Å². The van der Waals surface area contributed by atoms with Gasteiger partial charge in [0.15, 0.2) is 0 Å². The summed E-state index contributed by atoms with van der Waals surface area (Å²) in [5.41, 5.74) is -0.0239. The van der Waals surface area contributed by atoms with Gasteiger partial charge in [0.2, 0.25) is 5.91 Å². The van der Waals surface area contributed by atoms with Crippen LogP contribution < -0.4 is 16.4 Å². The van der Waals surface area contributed by atoms with Crippen molar-refractivity contribution in [2.75, 3.05) is 11.9 Å². The molecule has 0 unspecified atom stereocenters. The summed E-state index contributed by atoms with van der Waals surface area (Å²) in [5.74, 6) is -0.222. The smallest absolute Gasteiger partial charge is 0.314 e. The minimum absolute atomic E-state index is 0.0420. The molecule has 1 aromatic heterocycles. The molecule has 0 bridgehead atoms. The highest BCUT2D eigenvalue weighted by Crippen LogP contribution is 2.14. The van der Waals surface area contributed by atoms with E-state index in [0.29, 0.717) is 23.1 Å². The molecule has 4 N–H and O–H groups in total. The van der Waals surface area contributed by atoms with Crippen LogP contribution in [0.1, 0.15) is 12.8 Å². The second-order valence-electron chi connectivity index (χ2n) is 4.04. The first-order chi connectivity index (χ1) is 9.10. The number of hydrogen-bond acceptors (Lipinski definition) is 4. The maximum absolute atomic E-state index is 11.5. The highest BCUT2D eigenvalue weighted by Gasteiger charge is 2.04. The number of amides is 1. The number of benzene rings is 1. The number of anilines is 1. The Kier molecular flexibility index (Phi) is 3.76. The summed E-state index contributed by atoms with van der Waals surface area (Å²) in [7, 11) is 0. The van der Waals surface area contributed by atoms with Gasteiger partial charge in [0.25, 0.3) is 0 Å². The third kappa shape index (κ3) is 3.08. The number of aromatic nitrogens is 2. The van der Waals surface area contributed by atoms with Crippen LogP contribution in [0.15, 0.2) is 27.8 Å². The second-order valence-corrected chi connectivity index (χ2v) is 4.04. The lowest BCUT2D eigenvalue weighted by Crippen LogP contribution is -2.28. The number of carbonyl (C=O) groups excluding carboxylic acids is 1. The Morgan fingerprint density at radius 2 is 1.84 bits per heavy atom. The van der Waals surface area contributed by atoms with Gasteiger partial charge < -0.3 is 20.4 Å². The number of aliphatic hydroxyl groups is 1. The zero-order chi connectivity index (χ0) is 13.8. The first kappa shape index (κ1) is 13.0. The van der Waals surface area contributed by atoms with Crippen LogP contribution in [0.4, 0.5) is 5.69 Å². The van der Waals surface area contributed by atoms with Gasteiger partial charge in [0, 0.05) is 18.7 Å². The molecule has 0 radical (unpaired) electrons. The summed E-state index contributed by atoms with van der Waals surface area (Å²) in [6.07, 6.45) is 0.611. The molecule has 0 aliphatic carbocycles. The summed E-state index contributed by atoms with van der Waals surface area (Å²) in [6.45, 7) is -0.0420. The molecule has 0 atom stereocenters. The topological polar surface area (TPSA) is 115 Å². The zero-order valence-electron chi connectivity index (χ0n) is 10.0. The van der Waals surface area contributed by atoms with E-state index in [0.717, 1.165) is 0 Å².